The molecule has 0 aliphatic heterocycles. The van der Waals surface area contributed by atoms with Gasteiger partial charge >= 0.3 is 0 Å². The summed E-state index contributed by atoms with van der Waals surface area (Å²) in [6.45, 7) is 4.38. The second-order valence-electron chi connectivity index (χ2n) is 8.05. The van der Waals surface area contributed by atoms with Crippen molar-refractivity contribution in [3.8, 4) is 29.1 Å². The van der Waals surface area contributed by atoms with Crippen molar-refractivity contribution in [2.75, 3.05) is 26.6 Å². The fraction of sp³-hybridized carbons (Fsp3) is 0.214. The smallest absolute Gasteiger partial charge is 0.266 e. The van der Waals surface area contributed by atoms with E-state index in [0.29, 0.717) is 45.9 Å². The van der Waals surface area contributed by atoms with Gasteiger partial charge in [-0.15, -0.1) is 0 Å². The van der Waals surface area contributed by atoms with Gasteiger partial charge in [0.15, 0.2) is 11.5 Å². The number of hydrogen-bond donors (Lipinski definition) is 1. The summed E-state index contributed by atoms with van der Waals surface area (Å²) in [7, 11) is 4.37. The molecule has 0 spiro atoms. The number of carbonyl (C=O) groups excluding carboxylic acids is 1. The number of amides is 1. The van der Waals surface area contributed by atoms with E-state index in [2.05, 4.69) is 11.4 Å². The van der Waals surface area contributed by atoms with Crippen LogP contribution in [0.5, 0.6) is 23.0 Å². The Hall–Kier alpha value is -3.86. The molecule has 1 amide bonds. The molecule has 0 saturated carbocycles. The van der Waals surface area contributed by atoms with E-state index in [4.69, 9.17) is 42.1 Å². The van der Waals surface area contributed by atoms with Crippen LogP contribution in [0.4, 0.5) is 5.69 Å². The number of nitriles is 1. The molecule has 0 saturated heterocycles. The average molecular weight is 541 g/mol. The number of halogens is 2. The molecule has 0 unspecified atom stereocenters. The molecule has 7 nitrogen and oxygen atoms in total. The van der Waals surface area contributed by atoms with Crippen molar-refractivity contribution in [2.45, 2.75) is 20.5 Å². The van der Waals surface area contributed by atoms with Crippen molar-refractivity contribution >= 4 is 40.9 Å². The number of ether oxygens (including phenoxy) is 4. The normalized spacial score (nSPS) is 10.9. The Labute approximate surface area is 226 Å². The fourth-order valence-corrected chi connectivity index (χ4v) is 3.98. The highest BCUT2D eigenvalue weighted by Gasteiger charge is 2.17. The van der Waals surface area contributed by atoms with Crippen LogP contribution in [-0.2, 0) is 11.4 Å². The highest BCUT2D eigenvalue weighted by atomic mass is 35.5. The van der Waals surface area contributed by atoms with E-state index in [1.165, 1.54) is 45.1 Å². The lowest BCUT2D eigenvalue weighted by Crippen LogP contribution is -2.14. The molecule has 1 N–H and O–H groups in total. The van der Waals surface area contributed by atoms with E-state index in [9.17, 15) is 10.1 Å². The third kappa shape index (κ3) is 6.67. The number of nitrogens with one attached hydrogen (secondary N) is 1. The highest BCUT2D eigenvalue weighted by Crippen LogP contribution is 2.38. The van der Waals surface area contributed by atoms with Crippen molar-refractivity contribution in [1.29, 1.82) is 5.26 Å². The minimum Gasteiger partial charge on any atom is -0.495 e. The Balaban J connectivity index is 1.86. The molecule has 0 fully saturated rings. The Morgan fingerprint density at radius 1 is 0.919 bits per heavy atom. The lowest BCUT2D eigenvalue weighted by molar-refractivity contribution is -0.112. The first-order valence-corrected chi connectivity index (χ1v) is 11.9. The van der Waals surface area contributed by atoms with Crippen LogP contribution in [0.3, 0.4) is 0 Å². The summed E-state index contributed by atoms with van der Waals surface area (Å²) >= 11 is 12.6. The predicted molar refractivity (Wildman–Crippen MR) is 145 cm³/mol. The van der Waals surface area contributed by atoms with E-state index in [0.717, 1.165) is 11.1 Å². The molecule has 37 heavy (non-hydrogen) atoms. The number of anilines is 1. The van der Waals surface area contributed by atoms with Crippen LogP contribution in [0.1, 0.15) is 22.3 Å². The SMILES string of the molecule is COc1cc(NC(=O)/C(C#N)=C/c2cc(Cl)c(OCc3ccc(C)c(C)c3)c(OC)c2)c(OC)cc1Cl. The molecule has 0 radical (unpaired) electrons. The lowest BCUT2D eigenvalue weighted by atomic mass is 10.1. The van der Waals surface area contributed by atoms with Crippen molar-refractivity contribution in [3.63, 3.8) is 0 Å². The average Bonchev–Trinajstić information content (AvgIpc) is 2.88. The summed E-state index contributed by atoms with van der Waals surface area (Å²) in [4.78, 5) is 12.9. The van der Waals surface area contributed by atoms with Crippen LogP contribution in [0.2, 0.25) is 10.0 Å². The first kappa shape index (κ1) is 27.7. The van der Waals surface area contributed by atoms with Gasteiger partial charge in [-0.2, -0.15) is 5.26 Å². The second-order valence-corrected chi connectivity index (χ2v) is 8.87. The largest absolute Gasteiger partial charge is 0.495 e. The molecule has 0 atom stereocenters. The maximum Gasteiger partial charge on any atom is 0.266 e. The van der Waals surface area contributed by atoms with E-state index in [1.807, 2.05) is 32.0 Å². The van der Waals surface area contributed by atoms with E-state index >= 15 is 0 Å². The standard InChI is InChI=1S/C28H26Cl2N2O5/c1-16-6-7-18(8-17(16)2)15-37-27-22(30)10-19(11-26(27)36-5)9-20(14-31)28(33)32-23-13-24(34-3)21(29)12-25(23)35-4/h6-13H,15H2,1-5H3,(H,32,33)/b20-9+. The van der Waals surface area contributed by atoms with Gasteiger partial charge in [-0.3, -0.25) is 4.79 Å². The molecule has 0 aliphatic rings. The van der Waals surface area contributed by atoms with Gasteiger partial charge in [-0.1, -0.05) is 41.4 Å². The van der Waals surface area contributed by atoms with Crippen LogP contribution in [-0.4, -0.2) is 27.2 Å². The predicted octanol–water partition coefficient (Wildman–Crippen LogP) is 6.76. The van der Waals surface area contributed by atoms with Gasteiger partial charge in [0, 0.05) is 12.1 Å². The molecule has 192 valence electrons. The number of rotatable bonds is 9. The van der Waals surface area contributed by atoms with Crippen LogP contribution in [0.15, 0.2) is 48.0 Å². The van der Waals surface area contributed by atoms with Gasteiger partial charge in [-0.05, 0) is 54.3 Å². The molecule has 3 aromatic rings. The van der Waals surface area contributed by atoms with Crippen LogP contribution < -0.4 is 24.3 Å². The van der Waals surface area contributed by atoms with Crippen LogP contribution in [0.25, 0.3) is 6.08 Å². The number of methoxy groups -OCH3 is 3. The monoisotopic (exact) mass is 540 g/mol. The van der Waals surface area contributed by atoms with Gasteiger partial charge in [0.1, 0.15) is 29.7 Å². The number of aryl methyl sites for hydroxylation is 2. The molecular formula is C28H26Cl2N2O5. The van der Waals surface area contributed by atoms with Crippen molar-refractivity contribution in [3.05, 3.63) is 80.3 Å². The quantitative estimate of drug-likeness (QED) is 0.238. The lowest BCUT2D eigenvalue weighted by Gasteiger charge is -2.14. The Morgan fingerprint density at radius 2 is 1.62 bits per heavy atom. The summed E-state index contributed by atoms with van der Waals surface area (Å²) in [6, 6.07) is 14.2. The Bertz CT molecular complexity index is 1400. The summed E-state index contributed by atoms with van der Waals surface area (Å²) < 4.78 is 21.9. The van der Waals surface area contributed by atoms with Gasteiger partial charge < -0.3 is 24.3 Å². The zero-order valence-corrected chi connectivity index (χ0v) is 22.6. The summed E-state index contributed by atoms with van der Waals surface area (Å²) in [5.74, 6) is 0.722. The molecule has 0 aromatic heterocycles. The number of benzene rings is 3. The van der Waals surface area contributed by atoms with E-state index < -0.39 is 5.91 Å². The maximum atomic E-state index is 12.9. The summed E-state index contributed by atoms with van der Waals surface area (Å²) in [5.41, 5.74) is 3.95. The topological polar surface area (TPSA) is 89.8 Å². The third-order valence-electron chi connectivity index (χ3n) is 5.60. The maximum absolute atomic E-state index is 12.9. The molecule has 3 rings (SSSR count). The molecular weight excluding hydrogens is 515 g/mol. The first-order chi connectivity index (χ1) is 17.7. The first-order valence-electron chi connectivity index (χ1n) is 11.1. The molecule has 0 aliphatic carbocycles. The third-order valence-corrected chi connectivity index (χ3v) is 6.18. The molecule has 3 aromatic carbocycles. The Kier molecular flexibility index (Phi) is 9.29. The Morgan fingerprint density at radius 3 is 2.24 bits per heavy atom. The number of carbonyl (C=O) groups is 1. The van der Waals surface area contributed by atoms with Gasteiger partial charge in [0.05, 0.1) is 37.1 Å². The van der Waals surface area contributed by atoms with Crippen molar-refractivity contribution in [2.24, 2.45) is 0 Å². The van der Waals surface area contributed by atoms with Crippen LogP contribution >= 0.6 is 23.2 Å². The second kappa shape index (κ2) is 12.4. The summed E-state index contributed by atoms with van der Waals surface area (Å²) in [5, 5.41) is 12.9. The fourth-order valence-electron chi connectivity index (χ4n) is 3.48. The number of hydrogen-bond acceptors (Lipinski definition) is 6. The minimum absolute atomic E-state index is 0.169. The van der Waals surface area contributed by atoms with Crippen molar-refractivity contribution in [1.82, 2.24) is 0 Å². The highest BCUT2D eigenvalue weighted by molar-refractivity contribution is 6.33. The summed E-state index contributed by atoms with van der Waals surface area (Å²) in [6.07, 6.45) is 1.40. The van der Waals surface area contributed by atoms with Crippen molar-refractivity contribution < 1.29 is 23.7 Å². The molecule has 0 heterocycles. The molecule has 0 bridgehead atoms. The number of nitrogens with zero attached hydrogens (tertiary/aromatic N) is 1. The van der Waals surface area contributed by atoms with Gasteiger partial charge in [-0.25, -0.2) is 0 Å². The molecule has 9 heteroatoms. The van der Waals surface area contributed by atoms with E-state index in [1.54, 1.807) is 12.1 Å². The van der Waals surface area contributed by atoms with Gasteiger partial charge in [0.25, 0.3) is 5.91 Å². The van der Waals surface area contributed by atoms with E-state index in [-0.39, 0.29) is 10.6 Å². The zero-order chi connectivity index (χ0) is 27.1. The zero-order valence-electron chi connectivity index (χ0n) is 21.1. The minimum atomic E-state index is -0.657. The van der Waals surface area contributed by atoms with Gasteiger partial charge in [0.2, 0.25) is 0 Å². The van der Waals surface area contributed by atoms with Crippen LogP contribution in [0, 0.1) is 25.2 Å².